The van der Waals surface area contributed by atoms with Crippen molar-refractivity contribution in [3.05, 3.63) is 30.3 Å². The third-order valence-electron chi connectivity index (χ3n) is 7.07. The fourth-order valence-electron chi connectivity index (χ4n) is 5.41. The number of nitrogens with zero attached hydrogens (tertiary/aromatic N) is 4. The Morgan fingerprint density at radius 2 is 1.72 bits per heavy atom. The van der Waals surface area contributed by atoms with Crippen molar-refractivity contribution in [1.29, 1.82) is 0 Å². The molecule has 2 saturated heterocycles. The first-order chi connectivity index (χ1) is 14.2. The Morgan fingerprint density at radius 1 is 1.03 bits per heavy atom. The maximum atomic E-state index is 14.1. The molecule has 1 aromatic carbocycles. The predicted molar refractivity (Wildman–Crippen MR) is 120 cm³/mol. The lowest BCUT2D eigenvalue weighted by molar-refractivity contribution is -0.130. The van der Waals surface area contributed by atoms with E-state index < -0.39 is 0 Å². The van der Waals surface area contributed by atoms with Crippen LogP contribution in [0.15, 0.2) is 35.3 Å². The molecule has 0 radical (unpaired) electrons. The highest BCUT2D eigenvalue weighted by Gasteiger charge is 2.60. The minimum Gasteiger partial charge on any atom is -0.304 e. The zero-order valence-corrected chi connectivity index (χ0v) is 18.1. The van der Waals surface area contributed by atoms with E-state index >= 15 is 0 Å². The normalized spacial score (nSPS) is 27.2. The zero-order valence-electron chi connectivity index (χ0n) is 18.1. The van der Waals surface area contributed by atoms with Crippen LogP contribution in [0.4, 0.5) is 5.69 Å². The fourth-order valence-corrected chi connectivity index (χ4v) is 5.41. The molecule has 3 fully saturated rings. The van der Waals surface area contributed by atoms with Crippen molar-refractivity contribution in [3.8, 4) is 0 Å². The lowest BCUT2D eigenvalue weighted by Gasteiger charge is -2.44. The van der Waals surface area contributed by atoms with E-state index in [1.165, 1.54) is 6.42 Å². The molecule has 4 rings (SSSR count). The van der Waals surface area contributed by atoms with E-state index in [2.05, 4.69) is 35.9 Å². The van der Waals surface area contributed by atoms with E-state index in [1.54, 1.807) is 0 Å². The monoisotopic (exact) mass is 396 g/mol. The summed E-state index contributed by atoms with van der Waals surface area (Å²) in [7, 11) is 2.19. The number of hydrogen-bond donors (Lipinski definition) is 0. The van der Waals surface area contributed by atoms with Crippen LogP contribution in [0, 0.1) is 5.41 Å². The minimum absolute atomic E-state index is 0.126. The number of para-hydroxylation sites is 1. The molecule has 3 aliphatic rings. The van der Waals surface area contributed by atoms with Gasteiger partial charge in [0.15, 0.2) is 0 Å². The van der Waals surface area contributed by atoms with E-state index in [4.69, 9.17) is 4.99 Å². The van der Waals surface area contributed by atoms with Crippen molar-refractivity contribution in [2.45, 2.75) is 57.9 Å². The lowest BCUT2D eigenvalue weighted by atomic mass is 9.69. The van der Waals surface area contributed by atoms with Gasteiger partial charge in [0.25, 0.3) is 0 Å². The molecule has 1 aliphatic carbocycles. The largest absolute Gasteiger partial charge is 0.304 e. The minimum atomic E-state index is -0.297. The Bertz CT molecular complexity index is 718. The molecular weight excluding hydrogens is 360 g/mol. The van der Waals surface area contributed by atoms with Crippen LogP contribution in [0.1, 0.15) is 51.9 Å². The van der Waals surface area contributed by atoms with Crippen molar-refractivity contribution in [2.24, 2.45) is 10.4 Å². The number of unbranched alkanes of at least 4 members (excludes halogenated alkanes) is 1. The smallest absolute Gasteiger partial charge is 0.240 e. The second-order valence-corrected chi connectivity index (χ2v) is 9.03. The maximum absolute atomic E-state index is 14.1. The summed E-state index contributed by atoms with van der Waals surface area (Å²) >= 11 is 0. The van der Waals surface area contributed by atoms with Crippen LogP contribution in [-0.2, 0) is 4.79 Å². The highest BCUT2D eigenvalue weighted by Crippen LogP contribution is 2.49. The summed E-state index contributed by atoms with van der Waals surface area (Å²) in [5.41, 5.74) is 0.684. The quantitative estimate of drug-likeness (QED) is 0.711. The molecule has 0 bridgehead atoms. The Morgan fingerprint density at radius 3 is 2.38 bits per heavy atom. The maximum Gasteiger partial charge on any atom is 0.240 e. The van der Waals surface area contributed by atoms with E-state index in [0.717, 1.165) is 82.8 Å². The summed E-state index contributed by atoms with van der Waals surface area (Å²) in [5.74, 6) is 1.31. The first-order valence-electron chi connectivity index (χ1n) is 11.5. The highest BCUT2D eigenvalue weighted by atomic mass is 16.2. The molecule has 1 atom stereocenters. The number of anilines is 1. The predicted octanol–water partition coefficient (Wildman–Crippen LogP) is 3.80. The number of rotatable bonds is 5. The van der Waals surface area contributed by atoms with Gasteiger partial charge in [-0.1, -0.05) is 50.8 Å². The molecule has 2 heterocycles. The van der Waals surface area contributed by atoms with Gasteiger partial charge in [-0.25, -0.2) is 0 Å². The van der Waals surface area contributed by atoms with Crippen molar-refractivity contribution >= 4 is 17.4 Å². The van der Waals surface area contributed by atoms with E-state index in [-0.39, 0.29) is 11.5 Å². The standard InChI is InChI=1S/C24H36N4O/c1-3-4-15-25-22-21(27-18-16-26(2)17-19-27)24(13-9-6-10-14-24)23(29)28(22)20-11-7-5-8-12-20/h5,7-8,11-12,21H,3-4,6,9-10,13-19H2,1-2H3. The summed E-state index contributed by atoms with van der Waals surface area (Å²) < 4.78 is 0. The molecule has 1 amide bonds. The van der Waals surface area contributed by atoms with Gasteiger partial charge in [-0.15, -0.1) is 0 Å². The van der Waals surface area contributed by atoms with Gasteiger partial charge in [0, 0.05) is 32.7 Å². The summed E-state index contributed by atoms with van der Waals surface area (Å²) in [5, 5.41) is 0. The summed E-state index contributed by atoms with van der Waals surface area (Å²) in [4.78, 5) is 26.1. The summed E-state index contributed by atoms with van der Waals surface area (Å²) in [6, 6.07) is 10.3. The highest BCUT2D eigenvalue weighted by molar-refractivity contribution is 6.27. The van der Waals surface area contributed by atoms with Crippen LogP contribution in [-0.4, -0.2) is 67.4 Å². The number of amidine groups is 1. The second-order valence-electron chi connectivity index (χ2n) is 9.03. The number of carbonyl (C=O) groups is 1. The van der Waals surface area contributed by atoms with Crippen LogP contribution in [0.5, 0.6) is 0 Å². The molecule has 5 nitrogen and oxygen atoms in total. The van der Waals surface area contributed by atoms with Gasteiger partial charge in [-0.05, 0) is 38.4 Å². The van der Waals surface area contributed by atoms with Crippen LogP contribution >= 0.6 is 0 Å². The van der Waals surface area contributed by atoms with Crippen molar-refractivity contribution in [3.63, 3.8) is 0 Å². The van der Waals surface area contributed by atoms with Gasteiger partial charge in [0.2, 0.25) is 5.91 Å². The van der Waals surface area contributed by atoms with E-state index in [9.17, 15) is 4.79 Å². The van der Waals surface area contributed by atoms with Crippen LogP contribution in [0.3, 0.4) is 0 Å². The number of aliphatic imine (C=N–C) groups is 1. The fraction of sp³-hybridized carbons (Fsp3) is 0.667. The van der Waals surface area contributed by atoms with Gasteiger partial charge in [-0.3, -0.25) is 19.6 Å². The summed E-state index contributed by atoms with van der Waals surface area (Å²) in [6.45, 7) is 7.18. The molecular formula is C24H36N4O. The second kappa shape index (κ2) is 8.97. The lowest BCUT2D eigenvalue weighted by Crippen LogP contribution is -2.57. The molecule has 1 saturated carbocycles. The average molecular weight is 397 g/mol. The number of hydrogen-bond acceptors (Lipinski definition) is 4. The van der Waals surface area contributed by atoms with Crippen LogP contribution in [0.2, 0.25) is 0 Å². The number of amides is 1. The Labute approximate surface area is 175 Å². The van der Waals surface area contributed by atoms with Gasteiger partial charge in [0.1, 0.15) is 5.84 Å². The Balaban J connectivity index is 1.77. The molecule has 5 heteroatoms. The number of carbonyl (C=O) groups excluding carboxylic acids is 1. The van der Waals surface area contributed by atoms with E-state index in [1.807, 2.05) is 23.1 Å². The average Bonchev–Trinajstić information content (AvgIpc) is 2.98. The van der Waals surface area contributed by atoms with Gasteiger partial charge in [-0.2, -0.15) is 0 Å². The third kappa shape index (κ3) is 3.87. The molecule has 158 valence electrons. The van der Waals surface area contributed by atoms with Gasteiger partial charge in [0.05, 0.1) is 17.1 Å². The molecule has 2 aliphatic heterocycles. The number of benzene rings is 1. The SMILES string of the molecule is CCCCN=C1C(N2CCN(C)CC2)C2(CCCCC2)C(=O)N1c1ccccc1. The zero-order chi connectivity index (χ0) is 20.3. The Kier molecular flexibility index (Phi) is 6.35. The number of likely N-dealkylation sites (N-methyl/N-ethyl adjacent to an activating group) is 1. The van der Waals surface area contributed by atoms with Gasteiger partial charge >= 0.3 is 0 Å². The molecule has 0 N–H and O–H groups in total. The third-order valence-corrected chi connectivity index (χ3v) is 7.07. The van der Waals surface area contributed by atoms with Crippen molar-refractivity contribution in [2.75, 3.05) is 44.7 Å². The first kappa shape index (κ1) is 20.5. The van der Waals surface area contributed by atoms with Crippen molar-refractivity contribution < 1.29 is 4.79 Å². The molecule has 1 spiro atoms. The number of piperazine rings is 1. The Hall–Kier alpha value is -1.72. The van der Waals surface area contributed by atoms with Crippen molar-refractivity contribution in [1.82, 2.24) is 9.80 Å². The molecule has 1 unspecified atom stereocenters. The van der Waals surface area contributed by atoms with Crippen LogP contribution < -0.4 is 4.90 Å². The topological polar surface area (TPSA) is 39.1 Å². The molecule has 0 aromatic heterocycles. The molecule has 29 heavy (non-hydrogen) atoms. The van der Waals surface area contributed by atoms with E-state index in [0.29, 0.717) is 5.91 Å². The van der Waals surface area contributed by atoms with Gasteiger partial charge < -0.3 is 4.90 Å². The summed E-state index contributed by atoms with van der Waals surface area (Å²) in [6.07, 6.45) is 7.75. The van der Waals surface area contributed by atoms with Crippen LogP contribution in [0.25, 0.3) is 0 Å². The molecule has 1 aromatic rings. The first-order valence-corrected chi connectivity index (χ1v) is 11.5.